The van der Waals surface area contributed by atoms with Gasteiger partial charge in [0.25, 0.3) is 5.56 Å². The van der Waals surface area contributed by atoms with Gasteiger partial charge >= 0.3 is 11.9 Å². The van der Waals surface area contributed by atoms with Crippen LogP contribution in [0.2, 0.25) is 5.02 Å². The molecule has 1 aliphatic heterocycles. The number of methoxy groups -OCH3 is 1. The second-order valence-electron chi connectivity index (χ2n) is 10.6. The van der Waals surface area contributed by atoms with Crippen molar-refractivity contribution in [3.63, 3.8) is 0 Å². The van der Waals surface area contributed by atoms with E-state index in [9.17, 15) is 14.4 Å². The molecule has 0 saturated carbocycles. The molecule has 0 unspecified atom stereocenters. The van der Waals surface area contributed by atoms with Crippen molar-refractivity contribution in [3.8, 4) is 11.3 Å². The molecule has 0 N–H and O–H groups in total. The summed E-state index contributed by atoms with van der Waals surface area (Å²) in [5.41, 5.74) is 3.53. The molecule has 5 rings (SSSR count). The molecule has 44 heavy (non-hydrogen) atoms. The zero-order valence-corrected chi connectivity index (χ0v) is 26.8. The van der Waals surface area contributed by atoms with E-state index in [0.717, 1.165) is 17.5 Å². The number of carbonyl (C=O) groups excluding carboxylic acids is 2. The minimum atomic E-state index is -0.687. The average Bonchev–Trinajstić information content (AvgIpc) is 3.60. The zero-order valence-electron chi connectivity index (χ0n) is 25.2. The van der Waals surface area contributed by atoms with Crippen molar-refractivity contribution in [2.45, 2.75) is 52.5 Å². The number of nitrogens with zero attached hydrogens (tertiary/aromatic N) is 2. The van der Waals surface area contributed by atoms with Crippen LogP contribution in [0.25, 0.3) is 17.4 Å². The Bertz CT molecular complexity index is 1930. The summed E-state index contributed by atoms with van der Waals surface area (Å²) >= 11 is 7.42. The maximum atomic E-state index is 14.0. The molecule has 10 heteroatoms. The molecule has 0 spiro atoms. The Hall–Kier alpha value is -4.21. The number of esters is 2. The van der Waals surface area contributed by atoms with Crippen molar-refractivity contribution >= 4 is 41.0 Å². The summed E-state index contributed by atoms with van der Waals surface area (Å²) in [6.07, 6.45) is 3.00. The van der Waals surface area contributed by atoms with Gasteiger partial charge in [-0.3, -0.25) is 9.36 Å². The molecule has 0 radical (unpaired) electrons. The molecular formula is C34H33ClN2O6S. The van der Waals surface area contributed by atoms with E-state index in [2.05, 4.69) is 13.8 Å². The highest BCUT2D eigenvalue weighted by atomic mass is 35.5. The van der Waals surface area contributed by atoms with Crippen LogP contribution in [0.3, 0.4) is 0 Å². The average molecular weight is 633 g/mol. The van der Waals surface area contributed by atoms with Crippen LogP contribution in [-0.4, -0.2) is 30.2 Å². The van der Waals surface area contributed by atoms with Gasteiger partial charge in [0, 0.05) is 11.6 Å². The lowest BCUT2D eigenvalue weighted by atomic mass is 9.92. The highest BCUT2D eigenvalue weighted by molar-refractivity contribution is 7.07. The number of thiazole rings is 1. The van der Waals surface area contributed by atoms with E-state index in [0.29, 0.717) is 50.0 Å². The van der Waals surface area contributed by atoms with Crippen LogP contribution in [0.5, 0.6) is 0 Å². The number of furan rings is 1. The molecule has 3 heterocycles. The first-order valence-corrected chi connectivity index (χ1v) is 15.7. The maximum Gasteiger partial charge on any atom is 0.339 e. The van der Waals surface area contributed by atoms with E-state index in [1.54, 1.807) is 47.9 Å². The number of benzene rings is 2. The zero-order chi connectivity index (χ0) is 31.5. The van der Waals surface area contributed by atoms with Crippen molar-refractivity contribution in [2.24, 2.45) is 4.99 Å². The third-order valence-electron chi connectivity index (χ3n) is 7.37. The molecule has 1 atom stereocenters. The highest BCUT2D eigenvalue weighted by Gasteiger charge is 2.34. The van der Waals surface area contributed by atoms with Crippen LogP contribution in [-0.2, 0) is 14.3 Å². The summed E-state index contributed by atoms with van der Waals surface area (Å²) in [6, 6.07) is 15.8. The van der Waals surface area contributed by atoms with E-state index in [1.165, 1.54) is 18.4 Å². The Kier molecular flexibility index (Phi) is 9.36. The summed E-state index contributed by atoms with van der Waals surface area (Å²) in [6.45, 7) is 8.23. The number of hydrogen-bond acceptors (Lipinski definition) is 8. The van der Waals surface area contributed by atoms with Gasteiger partial charge in [0.1, 0.15) is 11.5 Å². The fourth-order valence-corrected chi connectivity index (χ4v) is 6.35. The van der Waals surface area contributed by atoms with Crippen LogP contribution in [0.15, 0.2) is 80.1 Å². The van der Waals surface area contributed by atoms with Crippen LogP contribution >= 0.6 is 22.9 Å². The van der Waals surface area contributed by atoms with Gasteiger partial charge in [-0.05, 0) is 60.7 Å². The summed E-state index contributed by atoms with van der Waals surface area (Å²) < 4.78 is 18.4. The van der Waals surface area contributed by atoms with Crippen LogP contribution in [0.4, 0.5) is 0 Å². The first kappa shape index (κ1) is 31.2. The molecule has 8 nitrogen and oxygen atoms in total. The molecule has 2 aromatic heterocycles. The van der Waals surface area contributed by atoms with Crippen molar-refractivity contribution < 1.29 is 23.5 Å². The predicted molar refractivity (Wildman–Crippen MR) is 171 cm³/mol. The lowest BCUT2D eigenvalue weighted by molar-refractivity contribution is -0.139. The van der Waals surface area contributed by atoms with Crippen molar-refractivity contribution in [1.82, 2.24) is 4.57 Å². The van der Waals surface area contributed by atoms with Gasteiger partial charge in [-0.1, -0.05) is 74.4 Å². The summed E-state index contributed by atoms with van der Waals surface area (Å²) in [5, 5.41) is 0.270. The molecular weight excluding hydrogens is 600 g/mol. The van der Waals surface area contributed by atoms with Gasteiger partial charge in [-0.2, -0.15) is 0 Å². The van der Waals surface area contributed by atoms with Crippen LogP contribution in [0.1, 0.15) is 79.7 Å². The Morgan fingerprint density at radius 3 is 2.50 bits per heavy atom. The molecule has 228 valence electrons. The van der Waals surface area contributed by atoms with E-state index >= 15 is 0 Å². The second-order valence-corrected chi connectivity index (χ2v) is 12.0. The fraction of sp³-hybridized carbons (Fsp3) is 0.294. The first-order chi connectivity index (χ1) is 21.2. The fourth-order valence-electron chi connectivity index (χ4n) is 5.16. The molecule has 0 aliphatic carbocycles. The minimum absolute atomic E-state index is 0.209. The van der Waals surface area contributed by atoms with Gasteiger partial charge in [-0.25, -0.2) is 14.6 Å². The molecule has 0 bridgehead atoms. The Morgan fingerprint density at radius 2 is 1.84 bits per heavy atom. The van der Waals surface area contributed by atoms with E-state index in [4.69, 9.17) is 30.5 Å². The normalized spacial score (nSPS) is 14.9. The summed E-state index contributed by atoms with van der Waals surface area (Å²) in [4.78, 5) is 44.9. The van der Waals surface area contributed by atoms with E-state index < -0.39 is 18.0 Å². The van der Waals surface area contributed by atoms with Crippen molar-refractivity contribution in [1.29, 1.82) is 0 Å². The van der Waals surface area contributed by atoms with Crippen molar-refractivity contribution in [3.05, 3.63) is 113 Å². The van der Waals surface area contributed by atoms with Gasteiger partial charge in [0.05, 0.1) is 46.1 Å². The molecule has 0 amide bonds. The summed E-state index contributed by atoms with van der Waals surface area (Å²) in [5.74, 6) is 0.236. The molecule has 2 aromatic carbocycles. The maximum absolute atomic E-state index is 14.0. The first-order valence-electron chi connectivity index (χ1n) is 14.5. The number of hydrogen-bond donors (Lipinski definition) is 0. The lowest BCUT2D eigenvalue weighted by Crippen LogP contribution is -2.40. The van der Waals surface area contributed by atoms with Crippen LogP contribution in [0, 0.1) is 0 Å². The smallest absolute Gasteiger partial charge is 0.339 e. The number of rotatable bonds is 9. The summed E-state index contributed by atoms with van der Waals surface area (Å²) in [7, 11) is 1.29. The van der Waals surface area contributed by atoms with Gasteiger partial charge in [-0.15, -0.1) is 0 Å². The minimum Gasteiger partial charge on any atom is -0.465 e. The number of aromatic nitrogens is 1. The number of allylic oxidation sites excluding steroid dienone is 1. The highest BCUT2D eigenvalue weighted by Crippen LogP contribution is 2.33. The third-order valence-corrected chi connectivity index (χ3v) is 8.68. The molecule has 0 saturated heterocycles. The Morgan fingerprint density at radius 1 is 1.09 bits per heavy atom. The number of carbonyl (C=O) groups is 2. The van der Waals surface area contributed by atoms with E-state index in [1.807, 2.05) is 31.2 Å². The van der Waals surface area contributed by atoms with Crippen LogP contribution < -0.4 is 14.9 Å². The SMILES string of the molecule is CCCC1=C(C(=O)OCC)[C@H](c2ccc(C(C)C)cc2)n2c(s/c(=C\c3ccc(-c4ccc(Cl)c(C(=O)OC)c4)o3)c2=O)=N1. The monoisotopic (exact) mass is 632 g/mol. The number of fused-ring (bicyclic) bond motifs is 1. The van der Waals surface area contributed by atoms with E-state index in [-0.39, 0.29) is 22.8 Å². The Labute approximate surface area is 263 Å². The van der Waals surface area contributed by atoms with Gasteiger partial charge in [0.15, 0.2) is 4.80 Å². The third kappa shape index (κ3) is 6.07. The molecule has 1 aliphatic rings. The van der Waals surface area contributed by atoms with Gasteiger partial charge < -0.3 is 13.9 Å². The second kappa shape index (κ2) is 13.2. The molecule has 0 fully saturated rings. The quantitative estimate of drug-likeness (QED) is 0.198. The largest absolute Gasteiger partial charge is 0.465 e. The molecule has 4 aromatic rings. The lowest BCUT2D eigenvalue weighted by Gasteiger charge is -2.26. The van der Waals surface area contributed by atoms with Crippen molar-refractivity contribution in [2.75, 3.05) is 13.7 Å². The standard InChI is InChI=1S/C34H33ClN2O6S/c1-6-8-26-29(33(40)42-7-2)30(21-11-9-20(10-12-21)19(3)4)37-31(38)28(44-34(37)36-26)18-23-14-16-27(43-23)22-13-15-25(35)24(17-22)32(39)41-5/h9-19,30H,6-8H2,1-5H3/b28-18-/t30-/m0/s1. The number of ether oxygens (including phenoxy) is 2. The predicted octanol–water partition coefficient (Wildman–Crippen LogP) is 6.40. The van der Waals surface area contributed by atoms with Gasteiger partial charge in [0.2, 0.25) is 0 Å². The Balaban J connectivity index is 1.63. The number of halogens is 1. The topological polar surface area (TPSA) is 100 Å².